The monoisotopic (exact) mass is 260 g/mol. The van der Waals surface area contributed by atoms with Crippen LogP contribution in [0, 0.1) is 5.92 Å². The van der Waals surface area contributed by atoms with E-state index in [9.17, 15) is 4.79 Å². The highest BCUT2D eigenvalue weighted by Crippen LogP contribution is 2.16. The molecule has 2 unspecified atom stereocenters. The molecule has 1 fully saturated rings. The predicted molar refractivity (Wildman–Crippen MR) is 63.9 cm³/mol. The summed E-state index contributed by atoms with van der Waals surface area (Å²) in [7, 11) is 0. The van der Waals surface area contributed by atoms with E-state index in [0.29, 0.717) is 0 Å². The molecule has 0 radical (unpaired) electrons. The standard InChI is InChI=1S/C9H18N2O.C2H2O4/c1-2-8(10)7-5-3-4-6-11-9(7)12;3-1(4)2(5)6/h7-8H,2-6,10H2,1H3,(H,11,12);(H,3,4)(H,5,6). The first-order valence-electron chi connectivity index (χ1n) is 5.89. The van der Waals surface area contributed by atoms with E-state index in [1.165, 1.54) is 0 Å². The summed E-state index contributed by atoms with van der Waals surface area (Å²) in [5.41, 5.74) is 5.85. The van der Waals surface area contributed by atoms with E-state index in [2.05, 4.69) is 5.32 Å². The number of carbonyl (C=O) groups excluding carboxylic acids is 1. The minimum Gasteiger partial charge on any atom is -0.473 e. The molecule has 0 aromatic carbocycles. The van der Waals surface area contributed by atoms with Crippen molar-refractivity contribution in [3.63, 3.8) is 0 Å². The molecule has 0 bridgehead atoms. The molecule has 7 heteroatoms. The van der Waals surface area contributed by atoms with Crippen molar-refractivity contribution in [3.8, 4) is 0 Å². The van der Waals surface area contributed by atoms with Gasteiger partial charge in [0.25, 0.3) is 0 Å². The summed E-state index contributed by atoms with van der Waals surface area (Å²) in [5.74, 6) is -3.44. The molecule has 0 aromatic heterocycles. The average molecular weight is 260 g/mol. The highest BCUT2D eigenvalue weighted by atomic mass is 16.4. The molecule has 5 N–H and O–H groups in total. The lowest BCUT2D eigenvalue weighted by molar-refractivity contribution is -0.159. The molecule has 1 amide bonds. The van der Waals surface area contributed by atoms with Crippen molar-refractivity contribution in [1.82, 2.24) is 5.32 Å². The molecule has 1 saturated heterocycles. The van der Waals surface area contributed by atoms with Gasteiger partial charge in [-0.15, -0.1) is 0 Å². The van der Waals surface area contributed by atoms with Crippen LogP contribution < -0.4 is 11.1 Å². The van der Waals surface area contributed by atoms with Crippen LogP contribution in [0.25, 0.3) is 0 Å². The zero-order chi connectivity index (χ0) is 14.1. The van der Waals surface area contributed by atoms with Gasteiger partial charge in [0.15, 0.2) is 0 Å². The number of carbonyl (C=O) groups is 3. The third-order valence-corrected chi connectivity index (χ3v) is 2.75. The lowest BCUT2D eigenvalue weighted by atomic mass is 9.93. The van der Waals surface area contributed by atoms with E-state index in [-0.39, 0.29) is 17.9 Å². The quantitative estimate of drug-likeness (QED) is 0.508. The molecule has 0 spiro atoms. The fourth-order valence-corrected chi connectivity index (χ4v) is 1.66. The average Bonchev–Trinajstić information content (AvgIpc) is 2.53. The van der Waals surface area contributed by atoms with Gasteiger partial charge in [-0.05, 0) is 19.3 Å². The summed E-state index contributed by atoms with van der Waals surface area (Å²) in [6.45, 7) is 2.86. The Bertz CT molecular complexity index is 294. The molecule has 0 saturated carbocycles. The molecule has 7 nitrogen and oxygen atoms in total. The largest absolute Gasteiger partial charge is 0.473 e. The number of hydrogen-bond acceptors (Lipinski definition) is 4. The van der Waals surface area contributed by atoms with Crippen LogP contribution in [0.4, 0.5) is 0 Å². The Morgan fingerprint density at radius 2 is 1.94 bits per heavy atom. The van der Waals surface area contributed by atoms with E-state index in [0.717, 1.165) is 32.2 Å². The number of aliphatic carboxylic acids is 2. The highest BCUT2D eigenvalue weighted by molar-refractivity contribution is 6.27. The second-order valence-electron chi connectivity index (χ2n) is 4.08. The number of carboxylic acid groups (broad SMARTS) is 2. The molecule has 18 heavy (non-hydrogen) atoms. The summed E-state index contributed by atoms with van der Waals surface area (Å²) in [6, 6.07) is 0.0445. The van der Waals surface area contributed by atoms with Crippen molar-refractivity contribution >= 4 is 17.8 Å². The maximum absolute atomic E-state index is 11.4. The predicted octanol–water partition coefficient (Wildman–Crippen LogP) is -0.204. The third kappa shape index (κ3) is 6.19. The van der Waals surface area contributed by atoms with Crippen molar-refractivity contribution in [2.24, 2.45) is 11.7 Å². The van der Waals surface area contributed by atoms with E-state index in [1.807, 2.05) is 6.92 Å². The molecule has 2 atom stereocenters. The number of rotatable bonds is 2. The van der Waals surface area contributed by atoms with Gasteiger partial charge in [-0.3, -0.25) is 4.79 Å². The Morgan fingerprint density at radius 1 is 1.39 bits per heavy atom. The Balaban J connectivity index is 0.000000411. The molecule has 104 valence electrons. The smallest absolute Gasteiger partial charge is 0.414 e. The Labute approximate surface area is 105 Å². The van der Waals surface area contributed by atoms with Gasteiger partial charge in [-0.1, -0.05) is 13.3 Å². The lowest BCUT2D eigenvalue weighted by Gasteiger charge is -2.18. The maximum atomic E-state index is 11.4. The Hall–Kier alpha value is -1.63. The van der Waals surface area contributed by atoms with E-state index in [1.54, 1.807) is 0 Å². The van der Waals surface area contributed by atoms with E-state index >= 15 is 0 Å². The van der Waals surface area contributed by atoms with Gasteiger partial charge in [-0.25, -0.2) is 9.59 Å². The normalized spacial score (nSPS) is 20.8. The summed E-state index contributed by atoms with van der Waals surface area (Å²) < 4.78 is 0. The summed E-state index contributed by atoms with van der Waals surface area (Å²) >= 11 is 0. The van der Waals surface area contributed by atoms with Crippen LogP contribution in [0.3, 0.4) is 0 Å². The van der Waals surface area contributed by atoms with Gasteiger partial charge in [0.2, 0.25) is 5.91 Å². The van der Waals surface area contributed by atoms with Gasteiger partial charge in [0.1, 0.15) is 0 Å². The molecule has 1 aliphatic heterocycles. The molecule has 0 aromatic rings. The van der Waals surface area contributed by atoms with Crippen molar-refractivity contribution in [2.45, 2.75) is 38.6 Å². The molecule has 1 aliphatic rings. The summed E-state index contributed by atoms with van der Waals surface area (Å²) in [4.78, 5) is 29.6. The number of nitrogens with one attached hydrogen (secondary N) is 1. The number of amides is 1. The van der Waals surface area contributed by atoms with E-state index < -0.39 is 11.9 Å². The topological polar surface area (TPSA) is 130 Å². The summed E-state index contributed by atoms with van der Waals surface area (Å²) in [6.07, 6.45) is 4.06. The minimum absolute atomic E-state index is 0.0445. The number of carboxylic acids is 2. The molecule has 1 heterocycles. The summed E-state index contributed by atoms with van der Waals surface area (Å²) in [5, 5.41) is 17.7. The first kappa shape index (κ1) is 16.4. The van der Waals surface area contributed by atoms with Crippen LogP contribution in [0.5, 0.6) is 0 Å². The fourth-order valence-electron chi connectivity index (χ4n) is 1.66. The third-order valence-electron chi connectivity index (χ3n) is 2.75. The van der Waals surface area contributed by atoms with Gasteiger partial charge >= 0.3 is 11.9 Å². The van der Waals surface area contributed by atoms with Crippen LogP contribution in [0.1, 0.15) is 32.6 Å². The van der Waals surface area contributed by atoms with Gasteiger partial charge in [0.05, 0.1) is 5.92 Å². The first-order valence-corrected chi connectivity index (χ1v) is 5.89. The molecule has 1 rings (SSSR count). The van der Waals surface area contributed by atoms with E-state index in [4.69, 9.17) is 25.5 Å². The van der Waals surface area contributed by atoms with Crippen molar-refractivity contribution in [2.75, 3.05) is 6.54 Å². The zero-order valence-corrected chi connectivity index (χ0v) is 10.4. The zero-order valence-electron chi connectivity index (χ0n) is 10.4. The highest BCUT2D eigenvalue weighted by Gasteiger charge is 2.25. The number of nitrogens with two attached hydrogens (primary N) is 1. The second kappa shape index (κ2) is 8.46. The van der Waals surface area contributed by atoms with Crippen LogP contribution in [-0.4, -0.2) is 40.6 Å². The lowest BCUT2D eigenvalue weighted by Crippen LogP contribution is -2.40. The molecule has 0 aliphatic carbocycles. The number of hydrogen-bond donors (Lipinski definition) is 4. The van der Waals surface area contributed by atoms with Gasteiger partial charge < -0.3 is 21.3 Å². The van der Waals surface area contributed by atoms with Crippen LogP contribution in [-0.2, 0) is 14.4 Å². The SMILES string of the molecule is CCC(N)C1CCCCNC1=O.O=C(O)C(=O)O. The Morgan fingerprint density at radius 3 is 2.39 bits per heavy atom. The van der Waals surface area contributed by atoms with Crippen LogP contribution >= 0.6 is 0 Å². The van der Waals surface area contributed by atoms with Crippen molar-refractivity contribution in [1.29, 1.82) is 0 Å². The second-order valence-corrected chi connectivity index (χ2v) is 4.08. The maximum Gasteiger partial charge on any atom is 0.414 e. The van der Waals surface area contributed by atoms with Gasteiger partial charge in [0, 0.05) is 12.6 Å². The molecular weight excluding hydrogens is 240 g/mol. The van der Waals surface area contributed by atoms with Gasteiger partial charge in [-0.2, -0.15) is 0 Å². The first-order chi connectivity index (χ1) is 8.40. The van der Waals surface area contributed by atoms with Crippen molar-refractivity contribution < 1.29 is 24.6 Å². The minimum atomic E-state index is -1.82. The molecular formula is C11H20N2O5. The Kier molecular flexibility index (Phi) is 7.69. The van der Waals surface area contributed by atoms with Crippen LogP contribution in [0.15, 0.2) is 0 Å². The van der Waals surface area contributed by atoms with Crippen molar-refractivity contribution in [3.05, 3.63) is 0 Å². The van der Waals surface area contributed by atoms with Crippen LogP contribution in [0.2, 0.25) is 0 Å². The fraction of sp³-hybridized carbons (Fsp3) is 0.727.